The Kier molecular flexibility index (Phi) is 11.8. The molecule has 53 heavy (non-hydrogen) atoms. The summed E-state index contributed by atoms with van der Waals surface area (Å²) in [6.45, 7) is 1.97. The molecule has 278 valence electrons. The average molecular weight is 758 g/mol. The number of rotatable bonds is 13. The van der Waals surface area contributed by atoms with Crippen LogP contribution in [-0.2, 0) is 40.5 Å². The van der Waals surface area contributed by atoms with Crippen molar-refractivity contribution in [2.45, 2.75) is 82.1 Å². The van der Waals surface area contributed by atoms with E-state index in [1.807, 2.05) is 36.4 Å². The van der Waals surface area contributed by atoms with Crippen molar-refractivity contribution >= 4 is 55.8 Å². The van der Waals surface area contributed by atoms with Gasteiger partial charge in [-0.3, -0.25) is 14.4 Å². The number of carboxylic acids is 2. The summed E-state index contributed by atoms with van der Waals surface area (Å²) in [5.41, 5.74) is 4.42. The van der Waals surface area contributed by atoms with E-state index in [0.717, 1.165) is 53.7 Å². The highest BCUT2D eigenvalue weighted by molar-refractivity contribution is 7.89. The van der Waals surface area contributed by atoms with Crippen LogP contribution in [0.3, 0.4) is 0 Å². The second-order valence-corrected chi connectivity index (χ2v) is 16.6. The molecule has 0 radical (unpaired) electrons. The molecule has 2 aliphatic carbocycles. The SMILES string of the molecule is CCN(C1CCC(C(=O)O)CC1)S(=O)(=O)c1cccc(C(=O)Nc2sc3c(c2C(=O)Nc2ccc(CCc4ccc(C(=O)O)cc4)cc2)CCCC3)c1. The minimum Gasteiger partial charge on any atom is -0.481 e. The number of carboxylic acid groups (broad SMARTS) is 2. The van der Waals surface area contributed by atoms with E-state index in [1.165, 1.54) is 33.8 Å². The maximum Gasteiger partial charge on any atom is 0.335 e. The van der Waals surface area contributed by atoms with Crippen LogP contribution < -0.4 is 10.6 Å². The molecule has 0 bridgehead atoms. The molecule has 0 spiro atoms. The zero-order valence-electron chi connectivity index (χ0n) is 29.5. The van der Waals surface area contributed by atoms with E-state index in [2.05, 4.69) is 10.6 Å². The highest BCUT2D eigenvalue weighted by atomic mass is 32.2. The lowest BCUT2D eigenvalue weighted by Gasteiger charge is -2.34. The van der Waals surface area contributed by atoms with Gasteiger partial charge in [0.2, 0.25) is 10.0 Å². The van der Waals surface area contributed by atoms with Crippen molar-refractivity contribution in [3.8, 4) is 0 Å². The molecule has 0 atom stereocenters. The zero-order chi connectivity index (χ0) is 37.7. The summed E-state index contributed by atoms with van der Waals surface area (Å²) < 4.78 is 29.1. The van der Waals surface area contributed by atoms with Crippen LogP contribution in [-0.4, -0.2) is 59.3 Å². The third-order valence-electron chi connectivity index (χ3n) is 10.2. The fourth-order valence-corrected chi connectivity index (χ4v) is 10.3. The number of aliphatic carboxylic acids is 1. The fourth-order valence-electron chi connectivity index (χ4n) is 7.29. The first-order valence-electron chi connectivity index (χ1n) is 18.0. The molecular formula is C40H43N3O8S2. The van der Waals surface area contributed by atoms with Gasteiger partial charge in [-0.1, -0.05) is 37.3 Å². The Morgan fingerprint density at radius 3 is 2.06 bits per heavy atom. The third-order valence-corrected chi connectivity index (χ3v) is 13.4. The Labute approximate surface area is 313 Å². The molecule has 1 heterocycles. The Balaban J connectivity index is 1.15. The van der Waals surface area contributed by atoms with Crippen molar-refractivity contribution in [1.82, 2.24) is 4.31 Å². The lowest BCUT2D eigenvalue weighted by atomic mass is 9.86. The van der Waals surface area contributed by atoms with Gasteiger partial charge in [0.05, 0.1) is 21.9 Å². The minimum atomic E-state index is -3.98. The third kappa shape index (κ3) is 8.69. The van der Waals surface area contributed by atoms with Gasteiger partial charge in [0.15, 0.2) is 0 Å². The monoisotopic (exact) mass is 757 g/mol. The van der Waals surface area contributed by atoms with Gasteiger partial charge in [0, 0.05) is 28.7 Å². The molecule has 2 aliphatic rings. The molecule has 11 nitrogen and oxygen atoms in total. The molecule has 0 unspecified atom stereocenters. The van der Waals surface area contributed by atoms with Crippen molar-refractivity contribution in [3.63, 3.8) is 0 Å². The van der Waals surface area contributed by atoms with Gasteiger partial charge in [-0.15, -0.1) is 11.3 Å². The summed E-state index contributed by atoms with van der Waals surface area (Å²) in [6, 6.07) is 19.9. The summed E-state index contributed by atoms with van der Waals surface area (Å²) in [5.74, 6) is -3.14. The van der Waals surface area contributed by atoms with Crippen molar-refractivity contribution in [2.24, 2.45) is 5.92 Å². The summed E-state index contributed by atoms with van der Waals surface area (Å²) in [6.07, 6.45) is 6.63. The number of nitrogens with one attached hydrogen (secondary N) is 2. The number of thiophene rings is 1. The van der Waals surface area contributed by atoms with E-state index in [-0.39, 0.29) is 34.5 Å². The van der Waals surface area contributed by atoms with E-state index in [4.69, 9.17) is 5.11 Å². The van der Waals surface area contributed by atoms with Crippen LogP contribution in [0.1, 0.15) is 98.1 Å². The van der Waals surface area contributed by atoms with E-state index >= 15 is 0 Å². The van der Waals surface area contributed by atoms with Crippen LogP contribution in [0.5, 0.6) is 0 Å². The van der Waals surface area contributed by atoms with E-state index in [0.29, 0.717) is 48.4 Å². The number of aromatic carboxylic acids is 1. The normalized spacial score (nSPS) is 17.2. The Hall–Kier alpha value is -4.85. The molecule has 4 N–H and O–H groups in total. The van der Waals surface area contributed by atoms with Gasteiger partial charge in [0.1, 0.15) is 5.00 Å². The Morgan fingerprint density at radius 1 is 0.792 bits per heavy atom. The van der Waals surface area contributed by atoms with Crippen molar-refractivity contribution in [3.05, 3.63) is 111 Å². The number of fused-ring (bicyclic) bond motifs is 1. The number of hydrogen-bond donors (Lipinski definition) is 4. The van der Waals surface area contributed by atoms with Gasteiger partial charge >= 0.3 is 11.9 Å². The quantitative estimate of drug-likeness (QED) is 0.110. The van der Waals surface area contributed by atoms with Gasteiger partial charge in [0.25, 0.3) is 11.8 Å². The average Bonchev–Trinajstić information content (AvgIpc) is 3.53. The molecule has 6 rings (SSSR count). The predicted molar refractivity (Wildman–Crippen MR) is 204 cm³/mol. The molecule has 13 heteroatoms. The second-order valence-electron chi connectivity index (χ2n) is 13.6. The fraction of sp³-hybridized carbons (Fsp3) is 0.350. The zero-order valence-corrected chi connectivity index (χ0v) is 31.1. The van der Waals surface area contributed by atoms with Gasteiger partial charge < -0.3 is 20.8 Å². The van der Waals surface area contributed by atoms with Crippen LogP contribution in [0.4, 0.5) is 10.7 Å². The number of aryl methyl sites for hydroxylation is 3. The summed E-state index contributed by atoms with van der Waals surface area (Å²) in [7, 11) is -3.98. The molecule has 1 aromatic heterocycles. The molecule has 4 aromatic rings. The van der Waals surface area contributed by atoms with Crippen LogP contribution >= 0.6 is 11.3 Å². The molecule has 3 aromatic carbocycles. The number of carbonyl (C=O) groups excluding carboxylic acids is 2. The lowest BCUT2D eigenvalue weighted by molar-refractivity contribution is -0.143. The molecular weight excluding hydrogens is 715 g/mol. The second kappa shape index (κ2) is 16.4. The number of nitrogens with zero attached hydrogens (tertiary/aromatic N) is 1. The largest absolute Gasteiger partial charge is 0.481 e. The highest BCUT2D eigenvalue weighted by Crippen LogP contribution is 2.39. The highest BCUT2D eigenvalue weighted by Gasteiger charge is 2.35. The Morgan fingerprint density at radius 2 is 1.43 bits per heavy atom. The van der Waals surface area contributed by atoms with Crippen molar-refractivity contribution in [1.29, 1.82) is 0 Å². The standard InChI is InChI=1S/C40H43N3O8S2/c1-2-43(31-22-18-28(19-23-31)40(48)49)53(50,51)32-7-5-6-29(24-32)36(44)42-38-35(33-8-3-4-9-34(33)52-38)37(45)41-30-20-14-26(15-21-30)11-10-25-12-16-27(17-13-25)39(46)47/h5-7,12-17,20-21,24,28,31H,2-4,8-11,18-19,22-23H2,1H3,(H,41,45)(H,42,44)(H,46,47)(H,48,49). The number of amides is 2. The minimum absolute atomic E-state index is 0.0182. The first-order valence-corrected chi connectivity index (χ1v) is 20.2. The molecule has 2 amide bonds. The van der Waals surface area contributed by atoms with Gasteiger partial charge in [-0.05, 0) is 123 Å². The maximum atomic E-state index is 13.8. The van der Waals surface area contributed by atoms with Gasteiger partial charge in [-0.25, -0.2) is 13.2 Å². The summed E-state index contributed by atoms with van der Waals surface area (Å²) in [5, 5.41) is 24.8. The summed E-state index contributed by atoms with van der Waals surface area (Å²) in [4.78, 5) is 51.1. The molecule has 0 aliphatic heterocycles. The molecule has 1 saturated carbocycles. The first-order chi connectivity index (χ1) is 25.4. The van der Waals surface area contributed by atoms with Crippen LogP contribution in [0.2, 0.25) is 0 Å². The Bertz CT molecular complexity index is 2100. The molecule has 1 fully saturated rings. The number of benzene rings is 3. The lowest BCUT2D eigenvalue weighted by Crippen LogP contribution is -2.42. The maximum absolute atomic E-state index is 13.8. The number of carbonyl (C=O) groups is 4. The number of anilines is 2. The summed E-state index contributed by atoms with van der Waals surface area (Å²) >= 11 is 1.38. The molecule has 0 saturated heterocycles. The van der Waals surface area contributed by atoms with Crippen molar-refractivity contribution in [2.75, 3.05) is 17.2 Å². The van der Waals surface area contributed by atoms with Crippen LogP contribution in [0.15, 0.2) is 77.7 Å². The topological polar surface area (TPSA) is 170 Å². The van der Waals surface area contributed by atoms with Gasteiger partial charge in [-0.2, -0.15) is 4.31 Å². The smallest absolute Gasteiger partial charge is 0.335 e. The van der Waals surface area contributed by atoms with Crippen LogP contribution in [0, 0.1) is 5.92 Å². The van der Waals surface area contributed by atoms with E-state index in [1.54, 1.807) is 25.1 Å². The van der Waals surface area contributed by atoms with Crippen molar-refractivity contribution < 1.29 is 37.8 Å². The van der Waals surface area contributed by atoms with E-state index in [9.17, 15) is 32.7 Å². The predicted octanol–water partition coefficient (Wildman–Crippen LogP) is 7.27. The number of sulfonamides is 1. The number of hydrogen-bond acceptors (Lipinski definition) is 7. The van der Waals surface area contributed by atoms with Crippen LogP contribution in [0.25, 0.3) is 0 Å². The first kappa shape index (κ1) is 37.9. The van der Waals surface area contributed by atoms with E-state index < -0.39 is 33.8 Å².